The van der Waals surface area contributed by atoms with Crippen molar-refractivity contribution in [3.05, 3.63) is 60.3 Å². The summed E-state index contributed by atoms with van der Waals surface area (Å²) in [6, 6.07) is 18.4. The van der Waals surface area contributed by atoms with Crippen molar-refractivity contribution in [1.82, 2.24) is 9.88 Å². The molecule has 1 heterocycles. The maximum atomic E-state index is 5.27. The highest BCUT2D eigenvalue weighted by atomic mass is 32.2. The summed E-state index contributed by atoms with van der Waals surface area (Å²) in [5.41, 5.74) is 3.07. The van der Waals surface area contributed by atoms with Crippen LogP contribution in [0.2, 0.25) is 0 Å². The molecule has 0 spiro atoms. The quantitative estimate of drug-likeness (QED) is 0.673. The summed E-state index contributed by atoms with van der Waals surface area (Å²) in [7, 11) is 5.78. The average Bonchev–Trinajstić information content (AvgIpc) is 2.59. The second-order valence-corrected chi connectivity index (χ2v) is 6.68. The minimum Gasteiger partial charge on any atom is -0.497 e. The highest BCUT2D eigenvalue weighted by molar-refractivity contribution is 8.00. The minimum absolute atomic E-state index is 0.827. The van der Waals surface area contributed by atoms with Crippen LogP contribution in [0.4, 0.5) is 5.69 Å². The van der Waals surface area contributed by atoms with Gasteiger partial charge in [-0.2, -0.15) is 0 Å². The van der Waals surface area contributed by atoms with Gasteiger partial charge >= 0.3 is 0 Å². The molecule has 0 radical (unpaired) electrons. The second kappa shape index (κ2) is 7.55. The second-order valence-electron chi connectivity index (χ2n) is 5.80. The Bertz CT molecular complexity index is 836. The summed E-state index contributed by atoms with van der Waals surface area (Å²) in [4.78, 5) is 8.03. The van der Waals surface area contributed by atoms with Gasteiger partial charge in [-0.25, -0.2) is 4.98 Å². The van der Waals surface area contributed by atoms with Crippen LogP contribution in [0, 0.1) is 0 Å². The van der Waals surface area contributed by atoms with Crippen LogP contribution in [-0.4, -0.2) is 31.1 Å². The molecule has 0 bridgehead atoms. The smallest absolute Gasteiger partial charge is 0.120 e. The van der Waals surface area contributed by atoms with Crippen molar-refractivity contribution in [2.24, 2.45) is 0 Å². The molecule has 3 aromatic rings. The molecule has 1 N–H and O–H groups in total. The third kappa shape index (κ3) is 3.99. The predicted molar refractivity (Wildman–Crippen MR) is 102 cm³/mol. The SMILES string of the molecule is COc1cccc(SNc2cccc3ccc(CN(C)C)nc23)c1. The fourth-order valence-electron chi connectivity index (χ4n) is 2.46. The van der Waals surface area contributed by atoms with Crippen molar-refractivity contribution in [2.45, 2.75) is 11.4 Å². The number of ether oxygens (including phenoxy) is 1. The van der Waals surface area contributed by atoms with E-state index in [0.717, 1.165) is 39.5 Å². The van der Waals surface area contributed by atoms with Crippen molar-refractivity contribution >= 4 is 28.5 Å². The van der Waals surface area contributed by atoms with Crippen molar-refractivity contribution in [1.29, 1.82) is 0 Å². The Morgan fingerprint density at radius 3 is 2.71 bits per heavy atom. The van der Waals surface area contributed by atoms with Crippen molar-refractivity contribution in [3.63, 3.8) is 0 Å². The van der Waals surface area contributed by atoms with Gasteiger partial charge < -0.3 is 14.4 Å². The molecule has 0 aliphatic rings. The van der Waals surface area contributed by atoms with E-state index in [0.29, 0.717) is 0 Å². The number of pyridine rings is 1. The van der Waals surface area contributed by atoms with Gasteiger partial charge in [0.15, 0.2) is 0 Å². The standard InChI is InChI=1S/C19H21N3OS/c1-22(2)13-15-11-10-14-6-4-9-18(19(14)20-15)21-24-17-8-5-7-16(12-17)23-3/h4-12,21H,13H2,1-3H3. The van der Waals surface area contributed by atoms with E-state index in [4.69, 9.17) is 9.72 Å². The lowest BCUT2D eigenvalue weighted by Gasteiger charge is -2.12. The number of rotatable bonds is 6. The summed E-state index contributed by atoms with van der Waals surface area (Å²) in [5, 5.41) is 1.13. The van der Waals surface area contributed by atoms with Crippen LogP contribution in [0.25, 0.3) is 10.9 Å². The lowest BCUT2D eigenvalue weighted by atomic mass is 10.2. The Morgan fingerprint density at radius 2 is 1.92 bits per heavy atom. The maximum Gasteiger partial charge on any atom is 0.120 e. The first kappa shape index (κ1) is 16.6. The van der Waals surface area contributed by atoms with Gasteiger partial charge in [0.1, 0.15) is 5.75 Å². The van der Waals surface area contributed by atoms with Crippen molar-refractivity contribution in [2.75, 3.05) is 25.9 Å². The third-order valence-electron chi connectivity index (χ3n) is 3.58. The monoisotopic (exact) mass is 339 g/mol. The fourth-order valence-corrected chi connectivity index (χ4v) is 3.17. The number of nitrogens with zero attached hydrogens (tertiary/aromatic N) is 2. The Morgan fingerprint density at radius 1 is 1.08 bits per heavy atom. The van der Waals surface area contributed by atoms with E-state index in [2.05, 4.69) is 54.0 Å². The minimum atomic E-state index is 0.827. The molecule has 0 saturated heterocycles. The first-order valence-electron chi connectivity index (χ1n) is 7.76. The average molecular weight is 339 g/mol. The number of methoxy groups -OCH3 is 1. The summed E-state index contributed by atoms with van der Waals surface area (Å²) in [6.07, 6.45) is 0. The number of aromatic nitrogens is 1. The summed E-state index contributed by atoms with van der Waals surface area (Å²) >= 11 is 1.56. The van der Waals surface area contributed by atoms with Gasteiger partial charge in [-0.3, -0.25) is 0 Å². The number of para-hydroxylation sites is 1. The van der Waals surface area contributed by atoms with Gasteiger partial charge in [0.05, 0.1) is 24.0 Å². The molecule has 0 unspecified atom stereocenters. The Hall–Kier alpha value is -2.24. The zero-order valence-electron chi connectivity index (χ0n) is 14.1. The zero-order valence-corrected chi connectivity index (χ0v) is 14.9. The molecule has 24 heavy (non-hydrogen) atoms. The van der Waals surface area contributed by atoms with Crippen LogP contribution in [0.5, 0.6) is 5.75 Å². The molecule has 0 atom stereocenters. The lowest BCUT2D eigenvalue weighted by Crippen LogP contribution is -2.11. The molecule has 124 valence electrons. The lowest BCUT2D eigenvalue weighted by molar-refractivity contribution is 0.397. The van der Waals surface area contributed by atoms with E-state index in [1.165, 1.54) is 0 Å². The molecule has 0 saturated carbocycles. The highest BCUT2D eigenvalue weighted by Gasteiger charge is 2.06. The summed E-state index contributed by atoms with van der Waals surface area (Å²) in [5.74, 6) is 0.853. The van der Waals surface area contributed by atoms with E-state index in [1.54, 1.807) is 19.1 Å². The van der Waals surface area contributed by atoms with Crippen LogP contribution in [-0.2, 0) is 6.54 Å². The fraction of sp³-hybridized carbons (Fsp3) is 0.211. The first-order chi connectivity index (χ1) is 11.7. The van der Waals surface area contributed by atoms with Gasteiger partial charge in [-0.05, 0) is 56.4 Å². The number of nitrogens with one attached hydrogen (secondary N) is 1. The van der Waals surface area contributed by atoms with E-state index in [9.17, 15) is 0 Å². The molecule has 0 aliphatic carbocycles. The Kier molecular flexibility index (Phi) is 5.23. The third-order valence-corrected chi connectivity index (χ3v) is 4.39. The van der Waals surface area contributed by atoms with Gasteiger partial charge in [0, 0.05) is 16.8 Å². The van der Waals surface area contributed by atoms with E-state index >= 15 is 0 Å². The van der Waals surface area contributed by atoms with Gasteiger partial charge in [0.2, 0.25) is 0 Å². The van der Waals surface area contributed by atoms with Gasteiger partial charge in [-0.1, -0.05) is 24.3 Å². The molecule has 0 amide bonds. The zero-order chi connectivity index (χ0) is 16.9. The predicted octanol–water partition coefficient (Wildman–Crippen LogP) is 4.42. The number of hydrogen-bond donors (Lipinski definition) is 1. The number of anilines is 1. The van der Waals surface area contributed by atoms with E-state index in [1.807, 2.05) is 24.3 Å². The van der Waals surface area contributed by atoms with Crippen LogP contribution in [0.1, 0.15) is 5.69 Å². The Labute approximate surface area is 147 Å². The molecule has 0 fully saturated rings. The molecular weight excluding hydrogens is 318 g/mol. The van der Waals surface area contributed by atoms with Crippen molar-refractivity contribution < 1.29 is 4.74 Å². The summed E-state index contributed by atoms with van der Waals surface area (Å²) in [6.45, 7) is 0.827. The number of fused-ring (bicyclic) bond motifs is 1. The highest BCUT2D eigenvalue weighted by Crippen LogP contribution is 2.28. The topological polar surface area (TPSA) is 37.4 Å². The molecule has 3 rings (SSSR count). The van der Waals surface area contributed by atoms with E-state index in [-0.39, 0.29) is 0 Å². The molecule has 5 heteroatoms. The van der Waals surface area contributed by atoms with E-state index < -0.39 is 0 Å². The van der Waals surface area contributed by atoms with Crippen LogP contribution < -0.4 is 9.46 Å². The van der Waals surface area contributed by atoms with Crippen LogP contribution >= 0.6 is 11.9 Å². The first-order valence-corrected chi connectivity index (χ1v) is 8.57. The molecule has 2 aromatic carbocycles. The largest absolute Gasteiger partial charge is 0.497 e. The maximum absolute atomic E-state index is 5.27. The molecular formula is C19H21N3OS. The van der Waals surface area contributed by atoms with Crippen LogP contribution in [0.3, 0.4) is 0 Å². The Balaban J connectivity index is 1.85. The van der Waals surface area contributed by atoms with Crippen LogP contribution in [0.15, 0.2) is 59.5 Å². The molecule has 4 nitrogen and oxygen atoms in total. The van der Waals surface area contributed by atoms with Gasteiger partial charge in [0.25, 0.3) is 0 Å². The van der Waals surface area contributed by atoms with Crippen molar-refractivity contribution in [3.8, 4) is 5.75 Å². The van der Waals surface area contributed by atoms with Gasteiger partial charge in [-0.15, -0.1) is 0 Å². The summed E-state index contributed by atoms with van der Waals surface area (Å²) < 4.78 is 8.69. The number of hydrogen-bond acceptors (Lipinski definition) is 5. The molecule has 0 aliphatic heterocycles. The normalized spacial score (nSPS) is 11.0. The number of benzene rings is 2. The molecule has 1 aromatic heterocycles.